The van der Waals surface area contributed by atoms with Crippen molar-refractivity contribution >= 4 is 23.0 Å². The van der Waals surface area contributed by atoms with Crippen LogP contribution in [0.3, 0.4) is 0 Å². The molecule has 5 nitrogen and oxygen atoms in total. The summed E-state index contributed by atoms with van der Waals surface area (Å²) >= 11 is 0. The summed E-state index contributed by atoms with van der Waals surface area (Å²) in [5.41, 5.74) is 3.43. The van der Waals surface area contributed by atoms with Crippen LogP contribution in [0.4, 0.5) is 4.39 Å². The van der Waals surface area contributed by atoms with Crippen molar-refractivity contribution in [3.63, 3.8) is 0 Å². The van der Waals surface area contributed by atoms with Gasteiger partial charge < -0.3 is 0 Å². The Morgan fingerprint density at radius 2 is 1.53 bits per heavy atom. The van der Waals surface area contributed by atoms with Crippen molar-refractivity contribution in [2.75, 3.05) is 0 Å². The number of rotatable bonds is 6. The summed E-state index contributed by atoms with van der Waals surface area (Å²) in [6.45, 7) is 0. The molecule has 32 heavy (non-hydrogen) atoms. The van der Waals surface area contributed by atoms with Crippen LogP contribution in [-0.4, -0.2) is 18.2 Å². The van der Waals surface area contributed by atoms with Crippen molar-refractivity contribution in [3.05, 3.63) is 112 Å². The monoisotopic (exact) mass is 446 g/mol. The molecule has 0 saturated heterocycles. The SMILES string of the molecule is O=c1c(-c2ccc(F)cc2)c(-c2ccc(C[SH](=O)=O)cc2)cnn1C=Cc1ccccc1. The van der Waals surface area contributed by atoms with E-state index in [0.29, 0.717) is 27.8 Å². The molecule has 0 N–H and O–H groups in total. The summed E-state index contributed by atoms with van der Waals surface area (Å²) in [5, 5.41) is 4.29. The molecule has 4 aromatic rings. The van der Waals surface area contributed by atoms with Gasteiger partial charge in [0.15, 0.2) is 0 Å². The van der Waals surface area contributed by atoms with E-state index in [1.807, 2.05) is 30.3 Å². The lowest BCUT2D eigenvalue weighted by Crippen LogP contribution is -2.21. The summed E-state index contributed by atoms with van der Waals surface area (Å²) < 4.78 is 36.7. The summed E-state index contributed by atoms with van der Waals surface area (Å²) in [4.78, 5) is 13.4. The predicted octanol–water partition coefficient (Wildman–Crippen LogP) is 4.46. The maximum atomic E-state index is 13.5. The van der Waals surface area contributed by atoms with E-state index in [9.17, 15) is 17.6 Å². The molecule has 0 radical (unpaired) electrons. The van der Waals surface area contributed by atoms with E-state index in [2.05, 4.69) is 5.10 Å². The number of thiol groups is 1. The molecule has 160 valence electrons. The molecule has 1 heterocycles. The molecule has 0 spiro atoms. The number of benzene rings is 3. The van der Waals surface area contributed by atoms with Gasteiger partial charge in [0.05, 0.1) is 17.5 Å². The van der Waals surface area contributed by atoms with Crippen LogP contribution < -0.4 is 5.56 Å². The molecule has 0 unspecified atom stereocenters. The highest BCUT2D eigenvalue weighted by atomic mass is 32.2. The lowest BCUT2D eigenvalue weighted by molar-refractivity contribution is 0.614. The average molecular weight is 447 g/mol. The molecule has 0 fully saturated rings. The molecule has 0 atom stereocenters. The standard InChI is InChI=1S/C25H19FN2O3S/c26-22-12-10-21(11-13-22)24-23(20-8-6-19(7-9-20)17-32(30)31)16-27-28(25(24)29)15-14-18-4-2-1-3-5-18/h1-16,32H,17H2. The van der Waals surface area contributed by atoms with E-state index in [0.717, 1.165) is 5.56 Å². The molecular formula is C25H19FN2O3S. The van der Waals surface area contributed by atoms with E-state index in [1.54, 1.807) is 54.9 Å². The van der Waals surface area contributed by atoms with Crippen molar-refractivity contribution in [3.8, 4) is 22.3 Å². The topological polar surface area (TPSA) is 69.0 Å². The second-order valence-electron chi connectivity index (χ2n) is 7.10. The van der Waals surface area contributed by atoms with Crippen molar-refractivity contribution in [1.29, 1.82) is 0 Å². The van der Waals surface area contributed by atoms with E-state index >= 15 is 0 Å². The number of halogens is 1. The quantitative estimate of drug-likeness (QED) is 0.444. The third-order valence-corrected chi connectivity index (χ3v) is 5.54. The number of hydrogen-bond donors (Lipinski definition) is 1. The molecule has 3 aromatic carbocycles. The van der Waals surface area contributed by atoms with Crippen LogP contribution in [-0.2, 0) is 16.5 Å². The maximum absolute atomic E-state index is 13.5. The molecule has 4 rings (SSSR count). The van der Waals surface area contributed by atoms with Crippen molar-refractivity contribution < 1.29 is 12.8 Å². The van der Waals surface area contributed by atoms with Crippen molar-refractivity contribution in [2.45, 2.75) is 5.75 Å². The predicted molar refractivity (Wildman–Crippen MR) is 125 cm³/mol. The lowest BCUT2D eigenvalue weighted by atomic mass is 9.97. The van der Waals surface area contributed by atoms with Gasteiger partial charge in [0.25, 0.3) is 5.56 Å². The van der Waals surface area contributed by atoms with E-state index in [-0.39, 0.29) is 11.3 Å². The largest absolute Gasteiger partial charge is 0.279 e. The van der Waals surface area contributed by atoms with Gasteiger partial charge in [-0.15, -0.1) is 0 Å². The number of hydrogen-bond acceptors (Lipinski definition) is 4. The van der Waals surface area contributed by atoms with Gasteiger partial charge in [-0.25, -0.2) is 17.5 Å². The molecule has 1 aromatic heterocycles. The first-order valence-electron chi connectivity index (χ1n) is 9.83. The van der Waals surface area contributed by atoms with Crippen LogP contribution >= 0.6 is 0 Å². The first-order chi connectivity index (χ1) is 15.5. The Hall–Kier alpha value is -3.84. The van der Waals surface area contributed by atoms with Gasteiger partial charge in [-0.1, -0.05) is 66.7 Å². The maximum Gasteiger partial charge on any atom is 0.279 e. The fraction of sp³-hybridized carbons (Fsp3) is 0.0400. The van der Waals surface area contributed by atoms with Gasteiger partial charge in [0.1, 0.15) is 16.5 Å². The van der Waals surface area contributed by atoms with E-state index in [1.165, 1.54) is 16.8 Å². The van der Waals surface area contributed by atoms with Gasteiger partial charge in [0, 0.05) is 11.8 Å². The first kappa shape index (κ1) is 21.4. The number of nitrogens with zero attached hydrogens (tertiary/aromatic N) is 2. The highest BCUT2D eigenvalue weighted by Crippen LogP contribution is 2.29. The molecule has 0 saturated carbocycles. The van der Waals surface area contributed by atoms with Crippen LogP contribution in [0.2, 0.25) is 0 Å². The molecule has 7 heteroatoms. The Kier molecular flexibility index (Phi) is 6.37. The smallest absolute Gasteiger partial charge is 0.267 e. The van der Waals surface area contributed by atoms with Crippen molar-refractivity contribution in [1.82, 2.24) is 9.78 Å². The second kappa shape index (κ2) is 9.53. The van der Waals surface area contributed by atoms with E-state index < -0.39 is 16.5 Å². The lowest BCUT2D eigenvalue weighted by Gasteiger charge is -2.11. The Morgan fingerprint density at radius 3 is 2.19 bits per heavy atom. The Labute approximate surface area is 186 Å². The third kappa shape index (κ3) is 4.90. The van der Waals surface area contributed by atoms with Crippen LogP contribution in [0.25, 0.3) is 34.5 Å². The van der Waals surface area contributed by atoms with Gasteiger partial charge in [-0.3, -0.25) is 4.79 Å². The zero-order valence-corrected chi connectivity index (χ0v) is 17.8. The fourth-order valence-electron chi connectivity index (χ4n) is 3.35. The molecule has 0 aliphatic heterocycles. The Balaban J connectivity index is 1.83. The van der Waals surface area contributed by atoms with Crippen LogP contribution in [0.15, 0.2) is 89.9 Å². The highest BCUT2D eigenvalue weighted by Gasteiger charge is 2.15. The molecule has 0 amide bonds. The molecular weight excluding hydrogens is 427 g/mol. The van der Waals surface area contributed by atoms with Gasteiger partial charge in [0.2, 0.25) is 0 Å². The molecule has 0 aliphatic carbocycles. The summed E-state index contributed by atoms with van der Waals surface area (Å²) in [5.74, 6) is -0.449. The summed E-state index contributed by atoms with van der Waals surface area (Å²) in [6.07, 6.45) is 4.95. The van der Waals surface area contributed by atoms with Crippen molar-refractivity contribution in [2.24, 2.45) is 0 Å². The van der Waals surface area contributed by atoms with Gasteiger partial charge in [-0.2, -0.15) is 5.10 Å². The number of aromatic nitrogens is 2. The van der Waals surface area contributed by atoms with E-state index in [4.69, 9.17) is 0 Å². The average Bonchev–Trinajstić information content (AvgIpc) is 2.80. The zero-order valence-electron chi connectivity index (χ0n) is 16.9. The normalized spacial score (nSPS) is 11.3. The minimum absolute atomic E-state index is 0.0510. The minimum atomic E-state index is -2.53. The summed E-state index contributed by atoms with van der Waals surface area (Å²) in [7, 11) is -2.53. The fourth-order valence-corrected chi connectivity index (χ4v) is 3.86. The minimum Gasteiger partial charge on any atom is -0.267 e. The van der Waals surface area contributed by atoms with Crippen LogP contribution in [0.1, 0.15) is 11.1 Å². The second-order valence-corrected chi connectivity index (χ2v) is 8.09. The highest BCUT2D eigenvalue weighted by molar-refractivity contribution is 7.71. The van der Waals surface area contributed by atoms with Gasteiger partial charge >= 0.3 is 0 Å². The molecule has 0 bridgehead atoms. The zero-order chi connectivity index (χ0) is 22.5. The third-order valence-electron chi connectivity index (χ3n) is 4.92. The summed E-state index contributed by atoms with van der Waals surface area (Å²) in [6, 6.07) is 22.1. The Morgan fingerprint density at radius 1 is 0.875 bits per heavy atom. The van der Waals surface area contributed by atoms with Crippen LogP contribution in [0.5, 0.6) is 0 Å². The molecule has 0 aliphatic rings. The Bertz CT molecular complexity index is 1380. The van der Waals surface area contributed by atoms with Gasteiger partial charge in [-0.05, 0) is 40.5 Å². The van der Waals surface area contributed by atoms with Crippen LogP contribution in [0, 0.1) is 5.82 Å². The first-order valence-corrected chi connectivity index (χ1v) is 11.2.